The Hall–Kier alpha value is -4.72. The van der Waals surface area contributed by atoms with Crippen molar-refractivity contribution in [3.05, 3.63) is 53.1 Å². The Morgan fingerprint density at radius 3 is 2.96 bits per heavy atom. The van der Waals surface area contributed by atoms with Gasteiger partial charge in [-0.05, 0) is 37.1 Å². The van der Waals surface area contributed by atoms with Gasteiger partial charge in [-0.3, -0.25) is 4.90 Å². The van der Waals surface area contributed by atoms with E-state index in [1.54, 1.807) is 11.9 Å². The molecule has 0 radical (unpaired) electrons. The lowest BCUT2D eigenvalue weighted by atomic mass is 9.95. The monoisotopic (exact) mass is 696 g/mol. The molecule has 5 heterocycles. The summed E-state index contributed by atoms with van der Waals surface area (Å²) in [7, 11) is 1.70. The van der Waals surface area contributed by atoms with Crippen LogP contribution in [0.5, 0.6) is 6.01 Å². The molecule has 2 aliphatic heterocycles. The highest BCUT2D eigenvalue weighted by Gasteiger charge is 2.49. The number of ether oxygens (including phenoxy) is 1. The van der Waals surface area contributed by atoms with Gasteiger partial charge in [-0.1, -0.05) is 17.7 Å². The molecule has 3 aromatic heterocycles. The van der Waals surface area contributed by atoms with Gasteiger partial charge in [0.15, 0.2) is 5.82 Å². The van der Waals surface area contributed by atoms with Crippen molar-refractivity contribution in [1.82, 2.24) is 34.9 Å². The fraction of sp³-hybridized carbons (Fsp3) is 0.355. The van der Waals surface area contributed by atoms with Crippen molar-refractivity contribution < 1.29 is 22.7 Å². The van der Waals surface area contributed by atoms with E-state index in [1.165, 1.54) is 30.9 Å². The van der Waals surface area contributed by atoms with Crippen LogP contribution in [-0.4, -0.2) is 87.2 Å². The predicted octanol–water partition coefficient (Wildman–Crippen LogP) is 5.14. The summed E-state index contributed by atoms with van der Waals surface area (Å²) in [6, 6.07) is 5.40. The molecule has 2 fully saturated rings. The first-order chi connectivity index (χ1) is 23.1. The molecule has 0 aliphatic carbocycles. The number of alkyl halides is 1. The van der Waals surface area contributed by atoms with Crippen LogP contribution in [0.2, 0.25) is 5.02 Å². The Labute approximate surface area is 280 Å². The van der Waals surface area contributed by atoms with E-state index in [2.05, 4.69) is 30.3 Å². The normalized spacial score (nSPS) is 19.1. The lowest BCUT2D eigenvalue weighted by Gasteiger charge is -2.31. The van der Waals surface area contributed by atoms with Crippen molar-refractivity contribution in [3.63, 3.8) is 0 Å². The van der Waals surface area contributed by atoms with E-state index in [1.807, 2.05) is 6.07 Å². The zero-order valence-corrected chi connectivity index (χ0v) is 27.1. The Bertz CT molecular complexity index is 2110. The molecular weight excluding hydrogens is 669 g/mol. The number of nitrogen functional groups attached to an aromatic ring is 1. The maximum Gasteiger partial charge on any atom is 0.343 e. The number of halogens is 4. The summed E-state index contributed by atoms with van der Waals surface area (Å²) < 4.78 is 53.4. The number of carbonyl (C=O) groups excluding carboxylic acids is 1. The van der Waals surface area contributed by atoms with Crippen LogP contribution in [0.15, 0.2) is 30.9 Å². The molecule has 5 aromatic rings. The van der Waals surface area contributed by atoms with E-state index in [-0.39, 0.29) is 79.2 Å². The van der Waals surface area contributed by atoms with Gasteiger partial charge in [0.25, 0.3) is 0 Å². The number of likely N-dealkylation sites (N-methyl/N-ethyl adjacent to an activating group) is 1. The van der Waals surface area contributed by atoms with Crippen LogP contribution < -0.4 is 20.7 Å². The Kier molecular flexibility index (Phi) is 8.22. The second-order valence-corrected chi connectivity index (χ2v) is 13.3. The lowest BCUT2D eigenvalue weighted by molar-refractivity contribution is 0.107. The number of thiophene rings is 1. The fourth-order valence-corrected chi connectivity index (χ4v) is 7.99. The number of rotatable bonds is 8. The highest BCUT2D eigenvalue weighted by Crippen LogP contribution is 2.46. The van der Waals surface area contributed by atoms with Gasteiger partial charge in [0, 0.05) is 49.4 Å². The van der Waals surface area contributed by atoms with Crippen molar-refractivity contribution in [2.75, 3.05) is 50.5 Å². The summed E-state index contributed by atoms with van der Waals surface area (Å²) >= 11 is 7.65. The Balaban J connectivity index is 1.31. The molecule has 0 saturated carbocycles. The SMILES string of the molecule is CN(CCNC(=O)n1cncn1)c1nc(OC[C@@]23CCCN2C[C@H](F)C3)nc2c(F)c(-c3ccc(F)c4sc(N)c(C#N)c34)c(Cl)cc12. The molecule has 248 valence electrons. The van der Waals surface area contributed by atoms with Gasteiger partial charge in [-0.15, -0.1) is 11.3 Å². The molecule has 0 unspecified atom stereocenters. The van der Waals surface area contributed by atoms with E-state index in [0.29, 0.717) is 13.0 Å². The summed E-state index contributed by atoms with van der Waals surface area (Å²) in [5.74, 6) is -1.19. The van der Waals surface area contributed by atoms with Gasteiger partial charge < -0.3 is 20.7 Å². The van der Waals surface area contributed by atoms with Crippen LogP contribution in [0.25, 0.3) is 32.1 Å². The number of nitriles is 1. The number of amides is 1. The Morgan fingerprint density at radius 1 is 1.35 bits per heavy atom. The van der Waals surface area contributed by atoms with Crippen molar-refractivity contribution in [2.24, 2.45) is 0 Å². The number of hydrogen-bond donors (Lipinski definition) is 2. The molecule has 48 heavy (non-hydrogen) atoms. The van der Waals surface area contributed by atoms with Gasteiger partial charge in [0.05, 0.1) is 20.8 Å². The fourth-order valence-electron chi connectivity index (χ4n) is 6.75. The molecule has 0 spiro atoms. The van der Waals surface area contributed by atoms with Crippen molar-refractivity contribution in [2.45, 2.75) is 31.0 Å². The van der Waals surface area contributed by atoms with Gasteiger partial charge in [0.2, 0.25) is 0 Å². The van der Waals surface area contributed by atoms with Gasteiger partial charge >= 0.3 is 12.0 Å². The smallest absolute Gasteiger partial charge is 0.343 e. The quantitative estimate of drug-likeness (QED) is 0.223. The number of nitrogens with one attached hydrogen (secondary N) is 1. The standard InChI is InChI=1S/C31H28ClF3N10O2S/c1-43(8-6-39-30(46)45-15-38-14-40-45)28-18-9-20(32)23(17-3-4-21(34)26-22(17)19(11-36)27(37)48-26)24(35)25(18)41-29(42-28)47-13-31-5-2-7-44(31)12-16(33)10-31/h3-4,9,14-16H,2,5-8,10,12-13,37H2,1H3,(H,39,46)/t16-,31+/m1/s1. The largest absolute Gasteiger partial charge is 0.461 e. The van der Waals surface area contributed by atoms with E-state index in [4.69, 9.17) is 22.1 Å². The minimum absolute atomic E-state index is 0.0169. The molecule has 1 amide bonds. The number of nitrogens with two attached hydrogens (primary N) is 1. The Morgan fingerprint density at radius 2 is 2.19 bits per heavy atom. The molecule has 2 saturated heterocycles. The number of carbonyl (C=O) groups is 1. The summed E-state index contributed by atoms with van der Waals surface area (Å²) in [6.07, 6.45) is 3.50. The first kappa shape index (κ1) is 31.9. The number of aromatic nitrogens is 5. The third-order valence-corrected chi connectivity index (χ3v) is 10.3. The summed E-state index contributed by atoms with van der Waals surface area (Å²) in [4.78, 5) is 29.0. The number of hydrogen-bond acceptors (Lipinski definition) is 11. The van der Waals surface area contributed by atoms with Crippen LogP contribution in [0.1, 0.15) is 24.8 Å². The second-order valence-electron chi connectivity index (χ2n) is 11.9. The zero-order valence-electron chi connectivity index (χ0n) is 25.5. The second kappa shape index (κ2) is 12.4. The molecule has 3 N–H and O–H groups in total. The van der Waals surface area contributed by atoms with Crippen LogP contribution in [-0.2, 0) is 0 Å². The maximum absolute atomic E-state index is 16.8. The third-order valence-electron chi connectivity index (χ3n) is 8.98. The number of anilines is 2. The third kappa shape index (κ3) is 5.41. The maximum atomic E-state index is 16.8. The molecule has 2 aliphatic rings. The number of benzene rings is 2. The molecule has 2 atom stereocenters. The van der Waals surface area contributed by atoms with E-state index >= 15 is 4.39 Å². The molecule has 2 aromatic carbocycles. The number of fused-ring (bicyclic) bond motifs is 3. The van der Waals surface area contributed by atoms with Crippen LogP contribution >= 0.6 is 22.9 Å². The van der Waals surface area contributed by atoms with Crippen molar-refractivity contribution in [3.8, 4) is 23.2 Å². The van der Waals surface area contributed by atoms with Crippen LogP contribution in [0, 0.1) is 23.0 Å². The minimum atomic E-state index is -0.972. The molecule has 7 rings (SSSR count). The summed E-state index contributed by atoms with van der Waals surface area (Å²) in [6.45, 7) is 1.59. The lowest BCUT2D eigenvalue weighted by Crippen LogP contribution is -2.43. The van der Waals surface area contributed by atoms with E-state index in [0.717, 1.165) is 35.4 Å². The van der Waals surface area contributed by atoms with Crippen LogP contribution in [0.4, 0.5) is 28.8 Å². The van der Waals surface area contributed by atoms with Gasteiger partial charge in [0.1, 0.15) is 53.7 Å². The van der Waals surface area contributed by atoms with Gasteiger partial charge in [-0.25, -0.2) is 22.9 Å². The minimum Gasteiger partial charge on any atom is -0.461 e. The average molecular weight is 697 g/mol. The first-order valence-electron chi connectivity index (χ1n) is 15.1. The summed E-state index contributed by atoms with van der Waals surface area (Å²) in [5, 5.41) is 16.8. The van der Waals surface area contributed by atoms with Gasteiger partial charge in [-0.2, -0.15) is 25.0 Å². The molecule has 12 nitrogen and oxygen atoms in total. The van der Waals surface area contributed by atoms with Crippen molar-refractivity contribution >= 4 is 60.8 Å². The molecule has 17 heteroatoms. The first-order valence-corrected chi connectivity index (χ1v) is 16.3. The topological polar surface area (TPSA) is 151 Å². The number of nitrogens with zero attached hydrogens (tertiary/aromatic N) is 8. The van der Waals surface area contributed by atoms with E-state index < -0.39 is 29.4 Å². The summed E-state index contributed by atoms with van der Waals surface area (Å²) in [5.41, 5.74) is 5.48. The van der Waals surface area contributed by atoms with Crippen LogP contribution in [0.3, 0.4) is 0 Å². The molecule has 0 bridgehead atoms. The van der Waals surface area contributed by atoms with Crippen molar-refractivity contribution in [1.29, 1.82) is 5.26 Å². The predicted molar refractivity (Wildman–Crippen MR) is 175 cm³/mol. The van der Waals surface area contributed by atoms with E-state index in [9.17, 15) is 18.8 Å². The zero-order chi connectivity index (χ0) is 33.7. The highest BCUT2D eigenvalue weighted by molar-refractivity contribution is 7.23. The highest BCUT2D eigenvalue weighted by atomic mass is 35.5. The molecular formula is C31H28ClF3N10O2S. The average Bonchev–Trinajstić information content (AvgIpc) is 3.85.